The quantitative estimate of drug-likeness (QED) is 0.549. The first-order valence-corrected chi connectivity index (χ1v) is 9.42. The highest BCUT2D eigenvalue weighted by Crippen LogP contribution is 2.23. The van der Waals surface area contributed by atoms with Gasteiger partial charge in [0.05, 0.1) is 5.56 Å². The van der Waals surface area contributed by atoms with E-state index in [1.165, 1.54) is 23.2 Å². The first-order chi connectivity index (χ1) is 14.0. The lowest BCUT2D eigenvalue weighted by Gasteiger charge is -2.39. The van der Waals surface area contributed by atoms with E-state index in [1.54, 1.807) is 42.2 Å². The second kappa shape index (κ2) is 7.50. The summed E-state index contributed by atoms with van der Waals surface area (Å²) in [5, 5.41) is 0.122. The van der Waals surface area contributed by atoms with Gasteiger partial charge in [-0.25, -0.2) is 4.39 Å². The number of fused-ring (bicyclic) bond motifs is 1. The lowest BCUT2D eigenvalue weighted by atomic mass is 10.1. The van der Waals surface area contributed by atoms with Crippen molar-refractivity contribution in [3.63, 3.8) is 0 Å². The Bertz CT molecular complexity index is 1090. The maximum absolute atomic E-state index is 14.2. The van der Waals surface area contributed by atoms with E-state index in [0.717, 1.165) is 0 Å². The summed E-state index contributed by atoms with van der Waals surface area (Å²) in [6, 6.07) is 13.1. The molecule has 0 unspecified atom stereocenters. The molecule has 6 nitrogen and oxygen atoms in total. The highest BCUT2D eigenvalue weighted by molar-refractivity contribution is 6.45. The van der Waals surface area contributed by atoms with E-state index >= 15 is 0 Å². The van der Waals surface area contributed by atoms with Crippen LogP contribution < -0.4 is 0 Å². The summed E-state index contributed by atoms with van der Waals surface area (Å²) in [5.41, 5.74) is 1.08. The van der Waals surface area contributed by atoms with Crippen molar-refractivity contribution in [3.05, 3.63) is 71.7 Å². The van der Waals surface area contributed by atoms with Gasteiger partial charge in [0.2, 0.25) is 0 Å². The molecule has 1 fully saturated rings. The number of H-pyrrole nitrogens is 1. The molecule has 2 amide bonds. The summed E-state index contributed by atoms with van der Waals surface area (Å²) < 4.78 is 14.2. The van der Waals surface area contributed by atoms with Gasteiger partial charge < -0.3 is 14.8 Å². The molecule has 0 spiro atoms. The number of hydrogen-bond donors (Lipinski definition) is 1. The molecular weight excluding hydrogens is 373 g/mol. The van der Waals surface area contributed by atoms with Crippen LogP contribution in [0, 0.1) is 5.82 Å². The van der Waals surface area contributed by atoms with Crippen molar-refractivity contribution in [1.82, 2.24) is 14.8 Å². The van der Waals surface area contributed by atoms with Crippen LogP contribution in [0.25, 0.3) is 10.9 Å². The Morgan fingerprint density at radius 1 is 1.03 bits per heavy atom. The molecule has 3 aromatic rings. The number of nitrogens with zero attached hydrogens (tertiary/aromatic N) is 2. The van der Waals surface area contributed by atoms with Crippen LogP contribution in [0.5, 0.6) is 0 Å². The summed E-state index contributed by atoms with van der Waals surface area (Å²) in [4.78, 5) is 44.2. The Morgan fingerprint density at radius 2 is 1.79 bits per heavy atom. The summed E-state index contributed by atoms with van der Waals surface area (Å²) in [6.45, 7) is 2.70. The first-order valence-electron chi connectivity index (χ1n) is 9.42. The van der Waals surface area contributed by atoms with Crippen molar-refractivity contribution in [2.75, 3.05) is 19.6 Å². The van der Waals surface area contributed by atoms with Gasteiger partial charge in [-0.3, -0.25) is 14.4 Å². The van der Waals surface area contributed by atoms with Crippen LogP contribution in [-0.2, 0) is 4.79 Å². The summed E-state index contributed by atoms with van der Waals surface area (Å²) in [6.07, 6.45) is 1.37. The zero-order valence-electron chi connectivity index (χ0n) is 15.9. The molecule has 29 heavy (non-hydrogen) atoms. The van der Waals surface area contributed by atoms with Crippen LogP contribution >= 0.6 is 0 Å². The zero-order chi connectivity index (χ0) is 20.5. The lowest BCUT2D eigenvalue weighted by Crippen LogP contribution is -2.56. The molecule has 1 atom stereocenters. The van der Waals surface area contributed by atoms with Crippen molar-refractivity contribution in [2.24, 2.45) is 0 Å². The minimum absolute atomic E-state index is 0.0260. The van der Waals surface area contributed by atoms with E-state index < -0.39 is 17.5 Å². The van der Waals surface area contributed by atoms with E-state index in [-0.39, 0.29) is 29.4 Å². The largest absolute Gasteiger partial charge is 0.360 e. The molecule has 0 aliphatic carbocycles. The van der Waals surface area contributed by atoms with Crippen molar-refractivity contribution in [1.29, 1.82) is 0 Å². The second-order valence-corrected chi connectivity index (χ2v) is 7.16. The van der Waals surface area contributed by atoms with Crippen LogP contribution in [-0.4, -0.2) is 58.1 Å². The van der Waals surface area contributed by atoms with Gasteiger partial charge in [-0.1, -0.05) is 24.3 Å². The Morgan fingerprint density at radius 3 is 2.52 bits per heavy atom. The van der Waals surface area contributed by atoms with Crippen LogP contribution in [0.4, 0.5) is 4.39 Å². The molecule has 2 aromatic carbocycles. The number of carbonyl (C=O) groups is 3. The molecule has 4 rings (SSSR count). The molecule has 7 heteroatoms. The highest BCUT2D eigenvalue weighted by Gasteiger charge is 2.34. The van der Waals surface area contributed by atoms with Gasteiger partial charge in [0, 0.05) is 48.3 Å². The Hall–Kier alpha value is -3.48. The lowest BCUT2D eigenvalue weighted by molar-refractivity contribution is -0.130. The molecular formula is C22H20FN3O3. The molecule has 1 aliphatic rings. The maximum atomic E-state index is 14.2. The van der Waals surface area contributed by atoms with Crippen LogP contribution in [0.1, 0.15) is 27.6 Å². The fourth-order valence-electron chi connectivity index (χ4n) is 3.77. The number of piperazine rings is 1. The number of amides is 2. The van der Waals surface area contributed by atoms with Crippen molar-refractivity contribution >= 4 is 28.5 Å². The van der Waals surface area contributed by atoms with E-state index in [4.69, 9.17) is 0 Å². The van der Waals surface area contributed by atoms with E-state index in [0.29, 0.717) is 24.2 Å². The second-order valence-electron chi connectivity index (χ2n) is 7.16. The van der Waals surface area contributed by atoms with Gasteiger partial charge in [-0.15, -0.1) is 0 Å². The number of aromatic nitrogens is 1. The zero-order valence-corrected chi connectivity index (χ0v) is 15.9. The topological polar surface area (TPSA) is 73.5 Å². The number of nitrogens with one attached hydrogen (secondary N) is 1. The highest BCUT2D eigenvalue weighted by atomic mass is 19.1. The van der Waals surface area contributed by atoms with Crippen LogP contribution in [0.2, 0.25) is 0 Å². The number of carbonyl (C=O) groups excluding carboxylic acids is 3. The molecule has 2 heterocycles. The number of ketones is 1. The third kappa shape index (κ3) is 3.40. The molecule has 0 radical (unpaired) electrons. The first kappa shape index (κ1) is 18.9. The summed E-state index contributed by atoms with van der Waals surface area (Å²) in [5.74, 6) is -2.09. The fourth-order valence-corrected chi connectivity index (χ4v) is 3.77. The monoisotopic (exact) mass is 393 g/mol. The number of hydrogen-bond acceptors (Lipinski definition) is 3. The van der Waals surface area contributed by atoms with Crippen LogP contribution in [0.3, 0.4) is 0 Å². The third-order valence-corrected chi connectivity index (χ3v) is 5.29. The maximum Gasteiger partial charge on any atom is 0.295 e. The van der Waals surface area contributed by atoms with Gasteiger partial charge >= 0.3 is 0 Å². The number of Topliss-reactive ketones (excluding diaryl/α,β-unsaturated/α-hetero) is 1. The van der Waals surface area contributed by atoms with Gasteiger partial charge in [0.15, 0.2) is 0 Å². The average molecular weight is 393 g/mol. The van der Waals surface area contributed by atoms with Gasteiger partial charge in [-0.05, 0) is 31.2 Å². The van der Waals surface area contributed by atoms with Gasteiger partial charge in [0.1, 0.15) is 5.82 Å². The third-order valence-electron chi connectivity index (χ3n) is 5.29. The predicted molar refractivity (Wildman–Crippen MR) is 106 cm³/mol. The number of halogens is 1. The predicted octanol–water partition coefficient (Wildman–Crippen LogP) is 2.86. The Kier molecular flexibility index (Phi) is 4.88. The molecule has 1 aromatic heterocycles. The van der Waals surface area contributed by atoms with E-state index in [9.17, 15) is 18.8 Å². The normalized spacial score (nSPS) is 16.8. The molecule has 1 saturated heterocycles. The number of aromatic amines is 1. The van der Waals surface area contributed by atoms with Crippen molar-refractivity contribution in [2.45, 2.75) is 13.0 Å². The van der Waals surface area contributed by atoms with E-state index in [1.807, 2.05) is 6.07 Å². The minimum Gasteiger partial charge on any atom is -0.360 e. The molecule has 148 valence electrons. The standard InChI is InChI=1S/C22H20FN3O3/c1-14-13-25(21(28)15-6-3-2-4-7-15)10-11-26(14)22(29)20(27)16-12-24-18-9-5-8-17(23)19(16)18/h2-9,12,14,24H,10-11,13H2,1H3/t14-/m0/s1. The van der Waals surface area contributed by atoms with E-state index in [2.05, 4.69) is 4.98 Å². The average Bonchev–Trinajstić information content (AvgIpc) is 3.18. The number of rotatable bonds is 3. The smallest absolute Gasteiger partial charge is 0.295 e. The van der Waals surface area contributed by atoms with Crippen molar-refractivity contribution in [3.8, 4) is 0 Å². The minimum atomic E-state index is -0.754. The van der Waals surface area contributed by atoms with Crippen molar-refractivity contribution < 1.29 is 18.8 Å². The SMILES string of the molecule is C[C@H]1CN(C(=O)c2ccccc2)CCN1C(=O)C(=O)c1c[nH]c2cccc(F)c12. The number of benzene rings is 2. The van der Waals surface area contributed by atoms with Gasteiger partial charge in [-0.2, -0.15) is 0 Å². The fraction of sp³-hybridized carbons (Fsp3) is 0.227. The molecule has 1 aliphatic heterocycles. The Labute approximate surface area is 166 Å². The summed E-state index contributed by atoms with van der Waals surface area (Å²) in [7, 11) is 0. The molecule has 1 N–H and O–H groups in total. The Balaban J connectivity index is 1.50. The van der Waals surface area contributed by atoms with Gasteiger partial charge in [0.25, 0.3) is 17.6 Å². The molecule has 0 saturated carbocycles. The van der Waals surface area contributed by atoms with Crippen LogP contribution in [0.15, 0.2) is 54.7 Å². The summed E-state index contributed by atoms with van der Waals surface area (Å²) >= 11 is 0. The molecule has 0 bridgehead atoms.